The van der Waals surface area contributed by atoms with Crippen LogP contribution in [-0.2, 0) is 0 Å². The molecule has 0 saturated heterocycles. The number of nitrogens with zero attached hydrogens (tertiary/aromatic N) is 2. The number of pyridine rings is 1. The molecule has 1 aromatic carbocycles. The van der Waals surface area contributed by atoms with Gasteiger partial charge in [-0.2, -0.15) is 5.10 Å². The summed E-state index contributed by atoms with van der Waals surface area (Å²) in [5, 5.41) is 18.9. The summed E-state index contributed by atoms with van der Waals surface area (Å²) < 4.78 is 1.93. The van der Waals surface area contributed by atoms with Gasteiger partial charge in [-0.25, -0.2) is 0 Å². The molecule has 0 atom stereocenters. The number of anilines is 2. The Balaban J connectivity index is 1.76. The smallest absolute Gasteiger partial charge is 0.261 e. The standard InChI is InChI=1S/C18H19ClN4O2/c19-11-1-3-12(4-2-11)21-17-16-15(9-10-20-18(16)25)23(22-17)13-5-7-14(24)8-6-13/h1-4,9-10,13-14,24H,5-8H2,(H,20,25)(H,21,22). The lowest BCUT2D eigenvalue weighted by molar-refractivity contribution is 0.109. The first-order valence-electron chi connectivity index (χ1n) is 8.42. The number of aromatic nitrogens is 3. The molecule has 0 radical (unpaired) electrons. The summed E-state index contributed by atoms with van der Waals surface area (Å²) in [5.74, 6) is 0.533. The van der Waals surface area contributed by atoms with Gasteiger partial charge in [-0.1, -0.05) is 11.6 Å². The van der Waals surface area contributed by atoms with Gasteiger partial charge in [-0.15, -0.1) is 0 Å². The largest absolute Gasteiger partial charge is 0.393 e. The fraction of sp³-hybridized carbons (Fsp3) is 0.333. The van der Waals surface area contributed by atoms with Crippen LogP contribution in [0, 0.1) is 0 Å². The average molecular weight is 359 g/mol. The Morgan fingerprint density at radius 1 is 1.16 bits per heavy atom. The van der Waals surface area contributed by atoms with Crippen LogP contribution in [0.4, 0.5) is 11.5 Å². The molecule has 0 bridgehead atoms. The van der Waals surface area contributed by atoms with Crippen molar-refractivity contribution in [3.05, 3.63) is 51.9 Å². The first kappa shape index (κ1) is 16.2. The number of benzene rings is 1. The molecule has 0 spiro atoms. The van der Waals surface area contributed by atoms with Gasteiger partial charge in [-0.3, -0.25) is 9.48 Å². The SMILES string of the molecule is O=c1[nH]ccc2c1c(Nc1ccc(Cl)cc1)nn2C1CCC(O)CC1. The molecule has 130 valence electrons. The van der Waals surface area contributed by atoms with Crippen LogP contribution in [0.5, 0.6) is 0 Å². The summed E-state index contributed by atoms with van der Waals surface area (Å²) in [6, 6.07) is 9.34. The van der Waals surface area contributed by atoms with Crippen LogP contribution in [0.1, 0.15) is 31.7 Å². The van der Waals surface area contributed by atoms with Crippen molar-refractivity contribution in [1.82, 2.24) is 14.8 Å². The molecule has 1 saturated carbocycles. The second kappa shape index (κ2) is 6.54. The molecule has 0 amide bonds. The van der Waals surface area contributed by atoms with Gasteiger partial charge in [0.2, 0.25) is 0 Å². The van der Waals surface area contributed by atoms with E-state index >= 15 is 0 Å². The number of aliphatic hydroxyl groups excluding tert-OH is 1. The van der Waals surface area contributed by atoms with Crippen molar-refractivity contribution in [2.45, 2.75) is 37.8 Å². The van der Waals surface area contributed by atoms with E-state index in [0.29, 0.717) is 16.2 Å². The summed E-state index contributed by atoms with van der Waals surface area (Å²) in [4.78, 5) is 15.1. The maximum Gasteiger partial charge on any atom is 0.261 e. The molecule has 0 aliphatic heterocycles. The van der Waals surface area contributed by atoms with Gasteiger partial charge in [0, 0.05) is 16.9 Å². The molecule has 7 heteroatoms. The summed E-state index contributed by atoms with van der Waals surface area (Å²) in [7, 11) is 0. The normalized spacial score (nSPS) is 20.7. The molecule has 4 rings (SSSR count). The third-order valence-electron chi connectivity index (χ3n) is 4.75. The molecule has 0 unspecified atom stereocenters. The van der Waals surface area contributed by atoms with E-state index in [1.54, 1.807) is 18.3 Å². The fourth-order valence-corrected chi connectivity index (χ4v) is 3.56. The van der Waals surface area contributed by atoms with Crippen LogP contribution in [0.2, 0.25) is 5.02 Å². The van der Waals surface area contributed by atoms with E-state index in [1.165, 1.54) is 0 Å². The van der Waals surface area contributed by atoms with Gasteiger partial charge in [0.25, 0.3) is 5.56 Å². The van der Waals surface area contributed by atoms with Gasteiger partial charge >= 0.3 is 0 Å². The maximum absolute atomic E-state index is 12.4. The van der Waals surface area contributed by atoms with Gasteiger partial charge in [0.15, 0.2) is 5.82 Å². The van der Waals surface area contributed by atoms with E-state index in [4.69, 9.17) is 11.6 Å². The number of H-pyrrole nitrogens is 1. The molecule has 1 aliphatic carbocycles. The maximum atomic E-state index is 12.4. The lowest BCUT2D eigenvalue weighted by atomic mass is 9.93. The number of hydrogen-bond acceptors (Lipinski definition) is 4. The first-order chi connectivity index (χ1) is 12.1. The van der Waals surface area contributed by atoms with Gasteiger partial charge in [0.05, 0.1) is 17.7 Å². The van der Waals surface area contributed by atoms with E-state index in [9.17, 15) is 9.90 Å². The monoisotopic (exact) mass is 358 g/mol. The second-order valence-corrected chi connectivity index (χ2v) is 6.89. The molecule has 2 aromatic heterocycles. The Kier molecular flexibility index (Phi) is 4.23. The van der Waals surface area contributed by atoms with Crippen molar-refractivity contribution < 1.29 is 5.11 Å². The van der Waals surface area contributed by atoms with Gasteiger partial charge in [-0.05, 0) is 56.0 Å². The molecule has 3 aromatic rings. The van der Waals surface area contributed by atoms with Gasteiger partial charge in [0.1, 0.15) is 5.39 Å². The summed E-state index contributed by atoms with van der Waals surface area (Å²) >= 11 is 5.93. The highest BCUT2D eigenvalue weighted by atomic mass is 35.5. The molecule has 3 N–H and O–H groups in total. The van der Waals surface area contributed by atoms with Crippen molar-refractivity contribution >= 4 is 34.0 Å². The Bertz CT molecular complexity index is 940. The zero-order chi connectivity index (χ0) is 17.4. The minimum atomic E-state index is -0.229. The highest BCUT2D eigenvalue weighted by Gasteiger charge is 2.25. The van der Waals surface area contributed by atoms with Crippen LogP contribution in [0.25, 0.3) is 10.9 Å². The number of aromatic amines is 1. The Morgan fingerprint density at radius 3 is 2.60 bits per heavy atom. The predicted octanol–water partition coefficient (Wildman–Crippen LogP) is 3.60. The van der Waals surface area contributed by atoms with Gasteiger partial charge < -0.3 is 15.4 Å². The molecule has 1 fully saturated rings. The molecule has 6 nitrogen and oxygen atoms in total. The van der Waals surface area contributed by atoms with E-state index in [1.807, 2.05) is 22.9 Å². The zero-order valence-corrected chi connectivity index (χ0v) is 14.3. The number of hydrogen-bond donors (Lipinski definition) is 3. The summed E-state index contributed by atoms with van der Waals surface area (Å²) in [5.41, 5.74) is 1.45. The van der Waals surface area contributed by atoms with Crippen molar-refractivity contribution in [2.75, 3.05) is 5.32 Å². The van der Waals surface area contributed by atoms with Crippen LogP contribution in [0.3, 0.4) is 0 Å². The predicted molar refractivity (Wildman–Crippen MR) is 98.6 cm³/mol. The Hall–Kier alpha value is -2.31. The van der Waals surface area contributed by atoms with E-state index in [-0.39, 0.29) is 17.7 Å². The third-order valence-corrected chi connectivity index (χ3v) is 5.00. The van der Waals surface area contributed by atoms with E-state index in [2.05, 4.69) is 15.4 Å². The van der Waals surface area contributed by atoms with Crippen LogP contribution < -0.4 is 10.9 Å². The van der Waals surface area contributed by atoms with E-state index in [0.717, 1.165) is 36.9 Å². The van der Waals surface area contributed by atoms with Crippen LogP contribution >= 0.6 is 11.6 Å². The topological polar surface area (TPSA) is 82.9 Å². The van der Waals surface area contributed by atoms with Crippen molar-refractivity contribution in [2.24, 2.45) is 0 Å². The highest BCUT2D eigenvalue weighted by molar-refractivity contribution is 6.30. The highest BCUT2D eigenvalue weighted by Crippen LogP contribution is 2.33. The lowest BCUT2D eigenvalue weighted by Crippen LogP contribution is -2.21. The quantitative estimate of drug-likeness (QED) is 0.668. The number of fused-ring (bicyclic) bond motifs is 1. The molecular weight excluding hydrogens is 340 g/mol. The summed E-state index contributed by atoms with van der Waals surface area (Å²) in [6.45, 7) is 0. The third kappa shape index (κ3) is 3.15. The molecule has 2 heterocycles. The summed E-state index contributed by atoms with van der Waals surface area (Å²) in [6.07, 6.45) is 4.64. The molecular formula is C18H19ClN4O2. The number of halogens is 1. The van der Waals surface area contributed by atoms with Crippen LogP contribution in [0.15, 0.2) is 41.3 Å². The second-order valence-electron chi connectivity index (χ2n) is 6.45. The van der Waals surface area contributed by atoms with Crippen molar-refractivity contribution in [1.29, 1.82) is 0 Å². The first-order valence-corrected chi connectivity index (χ1v) is 8.80. The average Bonchev–Trinajstić information content (AvgIpc) is 2.97. The van der Waals surface area contributed by atoms with Crippen molar-refractivity contribution in [3.63, 3.8) is 0 Å². The lowest BCUT2D eigenvalue weighted by Gasteiger charge is -2.26. The van der Waals surface area contributed by atoms with E-state index < -0.39 is 0 Å². The van der Waals surface area contributed by atoms with Crippen LogP contribution in [-0.4, -0.2) is 26.0 Å². The molecule has 25 heavy (non-hydrogen) atoms. The minimum absolute atomic E-state index is 0.170. The number of aliphatic hydroxyl groups is 1. The van der Waals surface area contributed by atoms with Crippen molar-refractivity contribution in [3.8, 4) is 0 Å². The Morgan fingerprint density at radius 2 is 1.88 bits per heavy atom. The number of rotatable bonds is 3. The minimum Gasteiger partial charge on any atom is -0.393 e. The Labute approximate surface area is 149 Å². The fourth-order valence-electron chi connectivity index (χ4n) is 3.44. The molecule has 1 aliphatic rings. The number of nitrogens with one attached hydrogen (secondary N) is 2. The zero-order valence-electron chi connectivity index (χ0n) is 13.6.